The lowest BCUT2D eigenvalue weighted by Gasteiger charge is -2.34. The molecule has 1 fully saturated rings. The number of aliphatic carboxylic acids is 2. The zero-order chi connectivity index (χ0) is 21.8. The van der Waals surface area contributed by atoms with Crippen LogP contribution in [0.5, 0.6) is 0 Å². The largest absolute Gasteiger partial charge is 0.490 e. The first kappa shape index (κ1) is 26.9. The van der Waals surface area contributed by atoms with E-state index in [4.69, 9.17) is 19.7 Å². The van der Waals surface area contributed by atoms with Gasteiger partial charge in [-0.3, -0.25) is 9.59 Å². The predicted molar refractivity (Wildman–Crippen MR) is 101 cm³/mol. The van der Waals surface area contributed by atoms with Gasteiger partial charge in [-0.05, 0) is 18.3 Å². The Morgan fingerprint density at radius 2 is 1.75 bits per heavy atom. The van der Waals surface area contributed by atoms with Crippen LogP contribution in [0.1, 0.15) is 39.5 Å². The van der Waals surface area contributed by atoms with Gasteiger partial charge in [0.1, 0.15) is 0 Å². The number of carboxylic acid groups (broad SMARTS) is 2. The molecule has 1 amide bonds. The molecule has 1 aliphatic rings. The summed E-state index contributed by atoms with van der Waals surface area (Å²) in [6.45, 7) is 5.70. The van der Waals surface area contributed by atoms with Gasteiger partial charge in [0.2, 0.25) is 5.91 Å². The van der Waals surface area contributed by atoms with E-state index in [1.165, 1.54) is 10.8 Å². The summed E-state index contributed by atoms with van der Waals surface area (Å²) in [5, 5.41) is 18.5. The van der Waals surface area contributed by atoms with Gasteiger partial charge in [0.15, 0.2) is 0 Å². The molecule has 0 saturated carbocycles. The van der Waals surface area contributed by atoms with Gasteiger partial charge < -0.3 is 20.3 Å². The lowest BCUT2D eigenvalue weighted by Crippen LogP contribution is -2.36. The number of halogens is 3. The average Bonchev–Trinajstić information content (AvgIpc) is 2.55. The van der Waals surface area contributed by atoms with Crippen LogP contribution in [-0.2, 0) is 19.1 Å². The van der Waals surface area contributed by atoms with E-state index < -0.39 is 18.1 Å². The maximum absolute atomic E-state index is 11.8. The number of carbonyl (C=O) groups is 3. The van der Waals surface area contributed by atoms with Gasteiger partial charge in [-0.2, -0.15) is 13.2 Å². The molecule has 0 bridgehead atoms. The number of nitrogens with one attached hydrogen (secondary N) is 1. The van der Waals surface area contributed by atoms with Crippen LogP contribution in [0, 0.1) is 5.41 Å². The van der Waals surface area contributed by atoms with Crippen molar-refractivity contribution in [2.75, 3.05) is 24.7 Å². The fraction of sp³-hybridized carbons (Fsp3) is 0.812. The van der Waals surface area contributed by atoms with E-state index in [-0.39, 0.29) is 23.8 Å². The monoisotopic (exact) mass is 449 g/mol. The molecule has 0 spiro atoms. The average molecular weight is 450 g/mol. The fourth-order valence-corrected chi connectivity index (χ4v) is 3.86. The standard InChI is InChI=1S/C14H25NO4S2.C2HF3O2/c1-14(2)5-3-11(19-10-14)9-12(16)15-6-8-21-20-7-4-13(17)18;3-2(4,5)1(6)7/h11H,3-10H2,1-2H3,(H,15,16)(H,17,18);(H,6,7). The third-order valence-electron chi connectivity index (χ3n) is 3.50. The van der Waals surface area contributed by atoms with Crippen LogP contribution in [-0.4, -0.2) is 65.0 Å². The molecular formula is C16H26F3NO6S2. The first-order valence-electron chi connectivity index (χ1n) is 8.48. The molecule has 1 saturated heterocycles. The van der Waals surface area contributed by atoms with E-state index in [9.17, 15) is 22.8 Å². The first-order valence-corrected chi connectivity index (χ1v) is 11.0. The molecule has 1 aliphatic heterocycles. The highest BCUT2D eigenvalue weighted by molar-refractivity contribution is 8.76. The number of rotatable bonds is 9. The van der Waals surface area contributed by atoms with E-state index in [1.807, 2.05) is 0 Å². The van der Waals surface area contributed by atoms with Crippen LogP contribution >= 0.6 is 21.6 Å². The molecule has 1 unspecified atom stereocenters. The van der Waals surface area contributed by atoms with Crippen LogP contribution < -0.4 is 5.32 Å². The summed E-state index contributed by atoms with van der Waals surface area (Å²) in [5.41, 5.74) is 0.233. The maximum Gasteiger partial charge on any atom is 0.490 e. The van der Waals surface area contributed by atoms with Gasteiger partial charge in [-0.15, -0.1) is 0 Å². The third kappa shape index (κ3) is 14.9. The number of hydrogen-bond acceptors (Lipinski definition) is 6. The van der Waals surface area contributed by atoms with Crippen LogP contribution in [0.15, 0.2) is 0 Å². The number of hydrogen-bond donors (Lipinski definition) is 3. The second-order valence-electron chi connectivity index (χ2n) is 6.78. The lowest BCUT2D eigenvalue weighted by molar-refractivity contribution is -0.192. The Hall–Kier alpha value is -1.14. The van der Waals surface area contributed by atoms with Crippen molar-refractivity contribution in [1.82, 2.24) is 5.32 Å². The minimum atomic E-state index is -5.08. The molecule has 28 heavy (non-hydrogen) atoms. The highest BCUT2D eigenvalue weighted by atomic mass is 33.1. The molecule has 1 heterocycles. The summed E-state index contributed by atoms with van der Waals surface area (Å²) >= 11 is 0. The van der Waals surface area contributed by atoms with Crippen LogP contribution in [0.3, 0.4) is 0 Å². The van der Waals surface area contributed by atoms with Crippen LogP contribution in [0.4, 0.5) is 13.2 Å². The molecule has 164 valence electrons. The second-order valence-corrected chi connectivity index (χ2v) is 9.48. The van der Waals surface area contributed by atoms with Crippen molar-refractivity contribution in [2.45, 2.75) is 51.8 Å². The van der Waals surface area contributed by atoms with E-state index >= 15 is 0 Å². The van der Waals surface area contributed by atoms with Crippen molar-refractivity contribution in [3.05, 3.63) is 0 Å². The summed E-state index contributed by atoms with van der Waals surface area (Å²) in [5.74, 6) is -2.11. The highest BCUT2D eigenvalue weighted by Crippen LogP contribution is 2.30. The molecule has 0 aromatic heterocycles. The molecular weight excluding hydrogens is 423 g/mol. The summed E-state index contributed by atoms with van der Waals surface area (Å²) in [6, 6.07) is 0. The van der Waals surface area contributed by atoms with Gasteiger partial charge in [-0.1, -0.05) is 35.4 Å². The molecule has 12 heteroatoms. The number of carbonyl (C=O) groups excluding carboxylic acids is 1. The van der Waals surface area contributed by atoms with Crippen molar-refractivity contribution < 1.29 is 42.5 Å². The van der Waals surface area contributed by atoms with Gasteiger partial charge >= 0.3 is 18.1 Å². The zero-order valence-corrected chi connectivity index (χ0v) is 17.3. The Labute approximate surface area is 169 Å². The minimum absolute atomic E-state index is 0.0378. The SMILES string of the molecule is CC1(C)CCC(CC(=O)NCCSSCCC(=O)O)OC1.O=C(O)C(F)(F)F. The Bertz CT molecular complexity index is 507. The topological polar surface area (TPSA) is 113 Å². The summed E-state index contributed by atoms with van der Waals surface area (Å²) < 4.78 is 37.5. The summed E-state index contributed by atoms with van der Waals surface area (Å²) in [6.07, 6.45) is -2.37. The fourth-order valence-electron chi connectivity index (χ4n) is 1.97. The number of alkyl halides is 3. The first-order chi connectivity index (χ1) is 12.8. The van der Waals surface area contributed by atoms with Gasteiger partial charge in [-0.25, -0.2) is 4.79 Å². The van der Waals surface area contributed by atoms with Gasteiger partial charge in [0.25, 0.3) is 0 Å². The smallest absolute Gasteiger partial charge is 0.481 e. The Kier molecular flexibility index (Phi) is 12.6. The molecule has 1 rings (SSSR count). The molecule has 1 atom stereocenters. The molecule has 7 nitrogen and oxygen atoms in total. The summed E-state index contributed by atoms with van der Waals surface area (Å²) in [7, 11) is 3.12. The van der Waals surface area contributed by atoms with Crippen molar-refractivity contribution in [2.24, 2.45) is 5.41 Å². The zero-order valence-electron chi connectivity index (χ0n) is 15.7. The molecule has 0 aromatic carbocycles. The van der Waals surface area contributed by atoms with Crippen LogP contribution in [0.2, 0.25) is 0 Å². The number of ether oxygens (including phenoxy) is 1. The second kappa shape index (κ2) is 13.2. The normalized spacial score (nSPS) is 18.5. The van der Waals surface area contributed by atoms with Crippen molar-refractivity contribution >= 4 is 39.4 Å². The molecule has 0 radical (unpaired) electrons. The van der Waals surface area contributed by atoms with Crippen molar-refractivity contribution in [3.63, 3.8) is 0 Å². The third-order valence-corrected chi connectivity index (χ3v) is 5.91. The highest BCUT2D eigenvalue weighted by Gasteiger charge is 2.38. The van der Waals surface area contributed by atoms with Crippen molar-refractivity contribution in [1.29, 1.82) is 0 Å². The molecule has 0 aliphatic carbocycles. The van der Waals surface area contributed by atoms with E-state index in [0.717, 1.165) is 25.2 Å². The van der Waals surface area contributed by atoms with E-state index in [2.05, 4.69) is 19.2 Å². The minimum Gasteiger partial charge on any atom is -0.481 e. The van der Waals surface area contributed by atoms with Crippen LogP contribution in [0.25, 0.3) is 0 Å². The summed E-state index contributed by atoms with van der Waals surface area (Å²) in [4.78, 5) is 31.0. The quantitative estimate of drug-likeness (QED) is 0.363. The number of amides is 1. The molecule has 0 aromatic rings. The Morgan fingerprint density at radius 1 is 1.18 bits per heavy atom. The van der Waals surface area contributed by atoms with Crippen molar-refractivity contribution in [3.8, 4) is 0 Å². The Morgan fingerprint density at radius 3 is 2.21 bits per heavy atom. The Balaban J connectivity index is 0.000000887. The molecule has 3 N–H and O–H groups in total. The van der Waals surface area contributed by atoms with E-state index in [1.54, 1.807) is 10.8 Å². The number of carboxylic acids is 2. The predicted octanol–water partition coefficient (Wildman–Crippen LogP) is 3.19. The lowest BCUT2D eigenvalue weighted by atomic mass is 9.85. The van der Waals surface area contributed by atoms with Gasteiger partial charge in [0.05, 0.1) is 25.6 Å². The van der Waals surface area contributed by atoms with Gasteiger partial charge in [0, 0.05) is 18.1 Å². The van der Waals surface area contributed by atoms with E-state index in [0.29, 0.717) is 18.7 Å². The maximum atomic E-state index is 11.8.